The lowest BCUT2D eigenvalue weighted by Crippen LogP contribution is -3.00. The van der Waals surface area contributed by atoms with Gasteiger partial charge in [-0.15, -0.1) is 0 Å². The molecule has 0 heterocycles. The van der Waals surface area contributed by atoms with E-state index >= 15 is 0 Å². The molecule has 1 rings (SSSR count). The summed E-state index contributed by atoms with van der Waals surface area (Å²) in [5.41, 5.74) is 6.72. The molecular weight excluding hydrogens is 202 g/mol. The molecule has 0 saturated heterocycles. The van der Waals surface area contributed by atoms with Gasteiger partial charge in [-0.3, -0.25) is 4.79 Å². The van der Waals surface area contributed by atoms with Gasteiger partial charge in [0, 0.05) is 6.04 Å². The number of halogens is 1. The molecule has 0 aliphatic heterocycles. The summed E-state index contributed by atoms with van der Waals surface area (Å²) >= 11 is 0. The normalized spacial score (nSPS) is 11.3. The molecule has 2 N–H and O–H groups in total. The third-order valence-electron chi connectivity index (χ3n) is 1.84. The number of carbonyl (C=O) groups is 1. The summed E-state index contributed by atoms with van der Waals surface area (Å²) in [5, 5.41) is 0. The van der Waals surface area contributed by atoms with E-state index < -0.39 is 0 Å². The van der Waals surface area contributed by atoms with E-state index in [1.165, 1.54) is 7.11 Å². The molecule has 0 fully saturated rings. The second-order valence-electron chi connectivity index (χ2n) is 2.80. The lowest BCUT2D eigenvalue weighted by atomic mass is 10.1. The van der Waals surface area contributed by atoms with E-state index in [4.69, 9.17) is 5.73 Å². The maximum atomic E-state index is 10.9. The molecule has 1 atom stereocenters. The van der Waals surface area contributed by atoms with Crippen LogP contribution in [0.25, 0.3) is 0 Å². The molecule has 78 valence electrons. The molecule has 0 radical (unpaired) electrons. The zero-order chi connectivity index (χ0) is 9.68. The molecule has 0 amide bonds. The smallest absolute Gasteiger partial charge is 0.307 e. The van der Waals surface area contributed by atoms with Gasteiger partial charge in [0.1, 0.15) is 0 Å². The first kappa shape index (κ1) is 12.9. The molecule has 0 aliphatic carbocycles. The molecule has 1 aromatic carbocycles. The minimum absolute atomic E-state index is 0. The molecule has 3 nitrogen and oxygen atoms in total. The fraction of sp³-hybridized carbons (Fsp3) is 0.300. The van der Waals surface area contributed by atoms with Crippen molar-refractivity contribution in [3.05, 3.63) is 35.9 Å². The van der Waals surface area contributed by atoms with Crippen molar-refractivity contribution in [3.8, 4) is 0 Å². The SMILES string of the molecule is COC(=O)CC(N)c1ccccc1.[Cl-]. The summed E-state index contributed by atoms with van der Waals surface area (Å²) in [7, 11) is 1.36. The van der Waals surface area contributed by atoms with Gasteiger partial charge < -0.3 is 22.9 Å². The highest BCUT2D eigenvalue weighted by Gasteiger charge is 2.10. The van der Waals surface area contributed by atoms with Gasteiger partial charge in [-0.1, -0.05) is 30.3 Å². The fourth-order valence-electron chi connectivity index (χ4n) is 1.08. The minimum Gasteiger partial charge on any atom is -1.00 e. The molecule has 0 aromatic heterocycles. The molecule has 0 aliphatic rings. The average molecular weight is 215 g/mol. The van der Waals surface area contributed by atoms with Crippen molar-refractivity contribution >= 4 is 5.97 Å². The van der Waals surface area contributed by atoms with Crippen molar-refractivity contribution in [2.75, 3.05) is 7.11 Å². The van der Waals surface area contributed by atoms with E-state index in [0.29, 0.717) is 0 Å². The number of hydrogen-bond acceptors (Lipinski definition) is 3. The molecule has 14 heavy (non-hydrogen) atoms. The number of ether oxygens (including phenoxy) is 1. The Bertz CT molecular complexity index is 277. The summed E-state index contributed by atoms with van der Waals surface area (Å²) in [4.78, 5) is 10.9. The second-order valence-corrected chi connectivity index (χ2v) is 2.80. The fourth-order valence-corrected chi connectivity index (χ4v) is 1.08. The molecule has 1 unspecified atom stereocenters. The predicted molar refractivity (Wildman–Crippen MR) is 50.0 cm³/mol. The van der Waals surface area contributed by atoms with Gasteiger partial charge in [-0.05, 0) is 5.56 Å². The van der Waals surface area contributed by atoms with Crippen LogP contribution in [-0.4, -0.2) is 13.1 Å². The zero-order valence-corrected chi connectivity index (χ0v) is 8.70. The third kappa shape index (κ3) is 3.77. The number of benzene rings is 1. The van der Waals surface area contributed by atoms with Crippen LogP contribution < -0.4 is 18.1 Å². The number of rotatable bonds is 3. The number of nitrogens with two attached hydrogens (primary N) is 1. The van der Waals surface area contributed by atoms with Gasteiger partial charge in [0.2, 0.25) is 0 Å². The molecule has 0 saturated carbocycles. The molecule has 0 bridgehead atoms. The average Bonchev–Trinajstić information content (AvgIpc) is 2.19. The summed E-state index contributed by atoms with van der Waals surface area (Å²) in [6.07, 6.45) is 0.223. The van der Waals surface area contributed by atoms with Crippen LogP contribution in [0.5, 0.6) is 0 Å². The monoisotopic (exact) mass is 214 g/mol. The lowest BCUT2D eigenvalue weighted by molar-refractivity contribution is -0.141. The Labute approximate surface area is 89.7 Å². The van der Waals surface area contributed by atoms with E-state index in [1.54, 1.807) is 0 Å². The van der Waals surface area contributed by atoms with Crippen molar-refractivity contribution in [3.63, 3.8) is 0 Å². The Morgan fingerprint density at radius 2 is 2.00 bits per heavy atom. The number of methoxy groups -OCH3 is 1. The Morgan fingerprint density at radius 1 is 1.43 bits per heavy atom. The maximum Gasteiger partial charge on any atom is 0.307 e. The van der Waals surface area contributed by atoms with Crippen molar-refractivity contribution in [1.29, 1.82) is 0 Å². The van der Waals surface area contributed by atoms with Crippen molar-refractivity contribution in [1.82, 2.24) is 0 Å². The first-order chi connectivity index (χ1) is 6.24. The van der Waals surface area contributed by atoms with Crippen molar-refractivity contribution in [2.24, 2.45) is 5.73 Å². The van der Waals surface area contributed by atoms with E-state index in [0.717, 1.165) is 5.56 Å². The summed E-state index contributed by atoms with van der Waals surface area (Å²) in [6, 6.07) is 9.22. The van der Waals surface area contributed by atoms with E-state index in [2.05, 4.69) is 4.74 Å². The van der Waals surface area contributed by atoms with Crippen LogP contribution in [0.3, 0.4) is 0 Å². The Balaban J connectivity index is 0.00000169. The molecule has 4 heteroatoms. The highest BCUT2D eigenvalue weighted by Crippen LogP contribution is 2.13. The van der Waals surface area contributed by atoms with Crippen LogP contribution >= 0.6 is 0 Å². The van der Waals surface area contributed by atoms with Gasteiger partial charge in [0.15, 0.2) is 0 Å². The van der Waals surface area contributed by atoms with Crippen LogP contribution in [0, 0.1) is 0 Å². The van der Waals surface area contributed by atoms with Crippen LogP contribution in [0.4, 0.5) is 0 Å². The predicted octanol–water partition coefficient (Wildman–Crippen LogP) is -1.75. The highest BCUT2D eigenvalue weighted by atomic mass is 35.5. The Morgan fingerprint density at radius 3 is 2.50 bits per heavy atom. The first-order valence-corrected chi connectivity index (χ1v) is 4.11. The van der Waals surface area contributed by atoms with Crippen molar-refractivity contribution in [2.45, 2.75) is 12.5 Å². The molecular formula is C10H13ClNO2-. The largest absolute Gasteiger partial charge is 1.00 e. The minimum atomic E-state index is -0.281. The topological polar surface area (TPSA) is 52.3 Å². The summed E-state index contributed by atoms with van der Waals surface area (Å²) in [5.74, 6) is -0.281. The van der Waals surface area contributed by atoms with Gasteiger partial charge in [-0.25, -0.2) is 0 Å². The number of hydrogen-bond donors (Lipinski definition) is 1. The van der Waals surface area contributed by atoms with Gasteiger partial charge in [-0.2, -0.15) is 0 Å². The van der Waals surface area contributed by atoms with Crippen molar-refractivity contribution < 1.29 is 21.9 Å². The lowest BCUT2D eigenvalue weighted by Gasteiger charge is -2.09. The molecule has 0 spiro atoms. The quantitative estimate of drug-likeness (QED) is 0.608. The zero-order valence-electron chi connectivity index (χ0n) is 7.94. The Hall–Kier alpha value is -1.06. The van der Waals surface area contributed by atoms with Crippen LogP contribution in [0.15, 0.2) is 30.3 Å². The van der Waals surface area contributed by atoms with Gasteiger partial charge in [0.05, 0.1) is 13.5 Å². The van der Waals surface area contributed by atoms with Crippen LogP contribution in [0.1, 0.15) is 18.0 Å². The second kappa shape index (κ2) is 6.40. The molecule has 1 aromatic rings. The highest BCUT2D eigenvalue weighted by molar-refractivity contribution is 5.70. The van der Waals surface area contributed by atoms with E-state index in [-0.39, 0.29) is 30.8 Å². The number of esters is 1. The standard InChI is InChI=1S/C10H13NO2.ClH/c1-13-10(12)7-9(11)8-5-3-2-4-6-8;/h2-6,9H,7,11H2,1H3;1H/p-1. The first-order valence-electron chi connectivity index (χ1n) is 4.11. The number of carbonyl (C=O) groups excluding carboxylic acids is 1. The maximum absolute atomic E-state index is 10.9. The summed E-state index contributed by atoms with van der Waals surface area (Å²) in [6.45, 7) is 0. The van der Waals surface area contributed by atoms with Crippen LogP contribution in [-0.2, 0) is 9.53 Å². The van der Waals surface area contributed by atoms with Gasteiger partial charge in [0.25, 0.3) is 0 Å². The summed E-state index contributed by atoms with van der Waals surface area (Å²) < 4.78 is 4.52. The van der Waals surface area contributed by atoms with Crippen LogP contribution in [0.2, 0.25) is 0 Å². The van der Waals surface area contributed by atoms with E-state index in [1.807, 2.05) is 30.3 Å². The van der Waals surface area contributed by atoms with E-state index in [9.17, 15) is 4.79 Å². The third-order valence-corrected chi connectivity index (χ3v) is 1.84. The van der Waals surface area contributed by atoms with Gasteiger partial charge >= 0.3 is 5.97 Å². The Kier molecular flexibility index (Phi) is 5.92.